The molecule has 3 N–H and O–H groups in total. The Morgan fingerprint density at radius 1 is 1.29 bits per heavy atom. The maximum atomic E-state index is 12.5. The van der Waals surface area contributed by atoms with Gasteiger partial charge >= 0.3 is 0 Å². The van der Waals surface area contributed by atoms with E-state index in [1.165, 1.54) is 25.7 Å². The van der Waals surface area contributed by atoms with Crippen LogP contribution >= 0.6 is 0 Å². The van der Waals surface area contributed by atoms with Gasteiger partial charge in [0.05, 0.1) is 6.54 Å². The van der Waals surface area contributed by atoms with Crippen molar-refractivity contribution in [3.63, 3.8) is 0 Å². The fourth-order valence-electron chi connectivity index (χ4n) is 2.85. The zero-order valence-corrected chi connectivity index (χ0v) is 12.7. The van der Waals surface area contributed by atoms with Crippen molar-refractivity contribution in [3.05, 3.63) is 34.9 Å². The average Bonchev–Trinajstić information content (AvgIpc) is 2.74. The number of hydrogen-bond donors (Lipinski definition) is 2. The number of amides is 1. The molecule has 1 aliphatic carbocycles. The summed E-state index contributed by atoms with van der Waals surface area (Å²) >= 11 is 0. The van der Waals surface area contributed by atoms with Crippen LogP contribution in [0.2, 0.25) is 0 Å². The van der Waals surface area contributed by atoms with Crippen molar-refractivity contribution < 1.29 is 4.79 Å². The molecular formula is C18H24N2O. The summed E-state index contributed by atoms with van der Waals surface area (Å²) in [6.45, 7) is 2.28. The van der Waals surface area contributed by atoms with Gasteiger partial charge in [-0.1, -0.05) is 43.6 Å². The molecule has 1 aromatic rings. The van der Waals surface area contributed by atoms with Gasteiger partial charge in [-0.05, 0) is 37.5 Å². The van der Waals surface area contributed by atoms with Crippen LogP contribution in [0.4, 0.5) is 0 Å². The Balaban J connectivity index is 2.11. The van der Waals surface area contributed by atoms with E-state index >= 15 is 0 Å². The maximum Gasteiger partial charge on any atom is 0.251 e. The van der Waals surface area contributed by atoms with Crippen LogP contribution < -0.4 is 11.1 Å². The Morgan fingerprint density at radius 2 is 2.00 bits per heavy atom. The molecule has 0 heterocycles. The molecule has 0 atom stereocenters. The number of hydrogen-bond acceptors (Lipinski definition) is 2. The molecule has 3 heteroatoms. The van der Waals surface area contributed by atoms with Crippen LogP contribution in [0, 0.1) is 18.8 Å². The largest absolute Gasteiger partial charge is 0.349 e. The first kappa shape index (κ1) is 15.6. The third-order valence-electron chi connectivity index (χ3n) is 4.09. The molecular weight excluding hydrogens is 260 g/mol. The predicted molar refractivity (Wildman–Crippen MR) is 86.1 cm³/mol. The van der Waals surface area contributed by atoms with Crippen molar-refractivity contribution >= 4 is 5.91 Å². The van der Waals surface area contributed by atoms with Gasteiger partial charge in [0.25, 0.3) is 5.91 Å². The quantitative estimate of drug-likeness (QED) is 0.648. The third-order valence-corrected chi connectivity index (χ3v) is 4.09. The monoisotopic (exact) mass is 284 g/mol. The first-order chi connectivity index (χ1) is 10.2. The molecule has 1 fully saturated rings. The lowest BCUT2D eigenvalue weighted by Gasteiger charge is -2.17. The van der Waals surface area contributed by atoms with Gasteiger partial charge in [0.1, 0.15) is 0 Å². The smallest absolute Gasteiger partial charge is 0.251 e. The fourth-order valence-corrected chi connectivity index (χ4v) is 2.85. The SMILES string of the molecule is Cc1c(C#CCN)cccc1C(=O)NC1CCCCCC1. The Kier molecular flexibility index (Phi) is 5.83. The van der Waals surface area contributed by atoms with Crippen LogP contribution in [-0.4, -0.2) is 18.5 Å². The van der Waals surface area contributed by atoms with Crippen molar-refractivity contribution in [2.24, 2.45) is 5.73 Å². The molecule has 112 valence electrons. The molecule has 0 radical (unpaired) electrons. The van der Waals surface area contributed by atoms with Gasteiger partial charge in [0.2, 0.25) is 0 Å². The second-order valence-corrected chi connectivity index (χ2v) is 5.65. The summed E-state index contributed by atoms with van der Waals surface area (Å²) in [4.78, 5) is 12.5. The molecule has 0 saturated heterocycles. The second kappa shape index (κ2) is 7.85. The molecule has 0 aromatic heterocycles. The van der Waals surface area contributed by atoms with Crippen LogP contribution in [0.15, 0.2) is 18.2 Å². The van der Waals surface area contributed by atoms with Crippen molar-refractivity contribution in [1.82, 2.24) is 5.32 Å². The van der Waals surface area contributed by atoms with Gasteiger partial charge in [0, 0.05) is 17.2 Å². The lowest BCUT2D eigenvalue weighted by molar-refractivity contribution is 0.0932. The number of rotatable bonds is 2. The zero-order chi connectivity index (χ0) is 15.1. The molecule has 3 nitrogen and oxygen atoms in total. The van der Waals surface area contributed by atoms with Gasteiger partial charge < -0.3 is 11.1 Å². The van der Waals surface area contributed by atoms with Crippen molar-refractivity contribution in [1.29, 1.82) is 0 Å². The van der Waals surface area contributed by atoms with Gasteiger partial charge in [-0.15, -0.1) is 0 Å². The van der Waals surface area contributed by atoms with Crippen molar-refractivity contribution in [2.75, 3.05) is 6.54 Å². The van der Waals surface area contributed by atoms with E-state index in [0.717, 1.165) is 29.5 Å². The van der Waals surface area contributed by atoms with Crippen LogP contribution in [0.1, 0.15) is 60.0 Å². The summed E-state index contributed by atoms with van der Waals surface area (Å²) < 4.78 is 0. The van der Waals surface area contributed by atoms with E-state index in [1.54, 1.807) is 0 Å². The summed E-state index contributed by atoms with van der Waals surface area (Å²) in [7, 11) is 0. The highest BCUT2D eigenvalue weighted by Gasteiger charge is 2.17. The van der Waals surface area contributed by atoms with Crippen molar-refractivity contribution in [3.8, 4) is 11.8 Å². The van der Waals surface area contributed by atoms with E-state index in [4.69, 9.17) is 5.73 Å². The summed E-state index contributed by atoms with van der Waals surface area (Å²) in [5.74, 6) is 5.90. The first-order valence-electron chi connectivity index (χ1n) is 7.82. The number of carbonyl (C=O) groups excluding carboxylic acids is 1. The van der Waals surface area contributed by atoms with E-state index < -0.39 is 0 Å². The molecule has 1 aromatic carbocycles. The summed E-state index contributed by atoms with van der Waals surface area (Å²) in [6.07, 6.45) is 7.19. The van der Waals surface area contributed by atoms with Crippen molar-refractivity contribution in [2.45, 2.75) is 51.5 Å². The summed E-state index contributed by atoms with van der Waals surface area (Å²) in [5.41, 5.74) is 7.95. The molecule has 1 saturated carbocycles. The fraction of sp³-hybridized carbons (Fsp3) is 0.500. The number of nitrogens with two attached hydrogens (primary N) is 1. The number of carbonyl (C=O) groups is 1. The van der Waals surface area contributed by atoms with E-state index in [2.05, 4.69) is 17.2 Å². The van der Waals surface area contributed by atoms with Crippen LogP contribution in [0.3, 0.4) is 0 Å². The highest BCUT2D eigenvalue weighted by Crippen LogP contribution is 2.19. The second-order valence-electron chi connectivity index (χ2n) is 5.65. The normalized spacial score (nSPS) is 15.7. The Morgan fingerprint density at radius 3 is 2.67 bits per heavy atom. The summed E-state index contributed by atoms with van der Waals surface area (Å²) in [6, 6.07) is 6.00. The highest BCUT2D eigenvalue weighted by molar-refractivity contribution is 5.96. The number of benzene rings is 1. The minimum absolute atomic E-state index is 0.0239. The maximum absolute atomic E-state index is 12.5. The topological polar surface area (TPSA) is 55.1 Å². The molecule has 2 rings (SSSR count). The van der Waals surface area contributed by atoms with Crippen LogP contribution in [-0.2, 0) is 0 Å². The number of nitrogens with one attached hydrogen (secondary N) is 1. The molecule has 0 aliphatic heterocycles. The first-order valence-corrected chi connectivity index (χ1v) is 7.82. The zero-order valence-electron chi connectivity index (χ0n) is 12.7. The lowest BCUT2D eigenvalue weighted by atomic mass is 10.0. The minimum Gasteiger partial charge on any atom is -0.349 e. The van der Waals surface area contributed by atoms with Gasteiger partial charge in [-0.2, -0.15) is 0 Å². The van der Waals surface area contributed by atoms with E-state index in [1.807, 2.05) is 25.1 Å². The van der Waals surface area contributed by atoms with Crippen LogP contribution in [0.25, 0.3) is 0 Å². The molecule has 0 bridgehead atoms. The highest BCUT2D eigenvalue weighted by atomic mass is 16.1. The predicted octanol–water partition coefficient (Wildman–Crippen LogP) is 2.76. The Bertz CT molecular complexity index is 546. The summed E-state index contributed by atoms with van der Waals surface area (Å²) in [5, 5.41) is 3.19. The average molecular weight is 284 g/mol. The molecule has 1 aliphatic rings. The molecule has 1 amide bonds. The van der Waals surface area contributed by atoms with Crippen LogP contribution in [0.5, 0.6) is 0 Å². The van der Waals surface area contributed by atoms with Gasteiger partial charge in [-0.25, -0.2) is 0 Å². The minimum atomic E-state index is 0.0239. The molecule has 0 spiro atoms. The molecule has 21 heavy (non-hydrogen) atoms. The van der Waals surface area contributed by atoms with Gasteiger partial charge in [-0.3, -0.25) is 4.79 Å². The third kappa shape index (κ3) is 4.34. The Hall–Kier alpha value is -1.79. The van der Waals surface area contributed by atoms with E-state index in [9.17, 15) is 4.79 Å². The lowest BCUT2D eigenvalue weighted by Crippen LogP contribution is -2.34. The van der Waals surface area contributed by atoms with Gasteiger partial charge in [0.15, 0.2) is 0 Å². The standard InChI is InChI=1S/C18H24N2O/c1-14-15(9-7-13-19)8-6-12-17(14)18(21)20-16-10-4-2-3-5-11-16/h6,8,12,16H,2-5,10-11,13,19H2,1H3,(H,20,21). The van der Waals surface area contributed by atoms with E-state index in [0.29, 0.717) is 12.6 Å². The Labute approximate surface area is 127 Å². The van der Waals surface area contributed by atoms with E-state index in [-0.39, 0.29) is 5.91 Å². The molecule has 0 unspecified atom stereocenters.